The van der Waals surface area contributed by atoms with Gasteiger partial charge in [-0.1, -0.05) is 84.9 Å². The van der Waals surface area contributed by atoms with Gasteiger partial charge >= 0.3 is 0 Å². The summed E-state index contributed by atoms with van der Waals surface area (Å²) in [7, 11) is 0. The third-order valence-corrected chi connectivity index (χ3v) is 4.28. The van der Waals surface area contributed by atoms with Gasteiger partial charge in [-0.15, -0.1) is 0 Å². The van der Waals surface area contributed by atoms with Crippen molar-refractivity contribution in [1.29, 1.82) is 0 Å². The summed E-state index contributed by atoms with van der Waals surface area (Å²) in [5.41, 5.74) is 6.00. The van der Waals surface area contributed by atoms with Crippen LogP contribution in [0.1, 0.15) is 5.56 Å². The molecule has 0 saturated heterocycles. The molecule has 0 spiro atoms. The average molecular weight is 293 g/mol. The van der Waals surface area contributed by atoms with Crippen molar-refractivity contribution in [2.24, 2.45) is 0 Å². The van der Waals surface area contributed by atoms with Gasteiger partial charge in [0.15, 0.2) is 0 Å². The number of fused-ring (bicyclic) bond motifs is 1. The average Bonchev–Trinajstić information content (AvgIpc) is 2.63. The molecule has 4 rings (SSSR count). The van der Waals surface area contributed by atoms with Crippen molar-refractivity contribution in [1.82, 2.24) is 0 Å². The van der Waals surface area contributed by atoms with E-state index in [1.165, 1.54) is 33.0 Å². The standard InChI is InChI=1S/C23H17/c1-17-12-13-21-16-20(18-8-4-2-5-9-18)14-15-22(21)23(17)19-10-6-3-7-11-19/h2-16H,1H2. The van der Waals surface area contributed by atoms with Crippen molar-refractivity contribution in [2.75, 3.05) is 0 Å². The van der Waals surface area contributed by atoms with Gasteiger partial charge in [0, 0.05) is 0 Å². The molecule has 1 radical (unpaired) electrons. The van der Waals surface area contributed by atoms with Crippen LogP contribution in [0.3, 0.4) is 0 Å². The predicted molar refractivity (Wildman–Crippen MR) is 99.3 cm³/mol. The molecule has 0 N–H and O–H groups in total. The Balaban J connectivity index is 1.94. The highest BCUT2D eigenvalue weighted by Crippen LogP contribution is 2.34. The molecule has 4 aromatic carbocycles. The first kappa shape index (κ1) is 13.8. The van der Waals surface area contributed by atoms with Crippen molar-refractivity contribution in [3.63, 3.8) is 0 Å². The summed E-state index contributed by atoms with van der Waals surface area (Å²) in [6, 6.07) is 31.9. The van der Waals surface area contributed by atoms with Crippen LogP contribution in [0.2, 0.25) is 0 Å². The van der Waals surface area contributed by atoms with Crippen molar-refractivity contribution < 1.29 is 0 Å². The zero-order chi connectivity index (χ0) is 15.6. The van der Waals surface area contributed by atoms with E-state index < -0.39 is 0 Å². The summed E-state index contributed by atoms with van der Waals surface area (Å²) in [6.45, 7) is 4.23. The summed E-state index contributed by atoms with van der Waals surface area (Å²) in [5, 5.41) is 2.50. The minimum absolute atomic E-state index is 1.07. The van der Waals surface area contributed by atoms with Gasteiger partial charge in [0.1, 0.15) is 0 Å². The van der Waals surface area contributed by atoms with E-state index in [-0.39, 0.29) is 0 Å². The Morgan fingerprint density at radius 2 is 1.17 bits per heavy atom. The molecular formula is C23H17. The van der Waals surface area contributed by atoms with E-state index in [4.69, 9.17) is 0 Å². The van der Waals surface area contributed by atoms with Crippen LogP contribution >= 0.6 is 0 Å². The Morgan fingerprint density at radius 3 is 1.87 bits per heavy atom. The van der Waals surface area contributed by atoms with Gasteiger partial charge < -0.3 is 0 Å². The zero-order valence-corrected chi connectivity index (χ0v) is 12.9. The fourth-order valence-corrected chi connectivity index (χ4v) is 3.13. The first-order valence-electron chi connectivity index (χ1n) is 7.82. The molecule has 23 heavy (non-hydrogen) atoms. The van der Waals surface area contributed by atoms with Crippen LogP contribution in [-0.4, -0.2) is 0 Å². The number of benzene rings is 4. The van der Waals surface area contributed by atoms with Gasteiger partial charge in [-0.05, 0) is 51.6 Å². The van der Waals surface area contributed by atoms with Crippen LogP contribution in [0.15, 0.2) is 91.0 Å². The normalized spacial score (nSPS) is 10.8. The maximum atomic E-state index is 4.23. The zero-order valence-electron chi connectivity index (χ0n) is 12.9. The molecule has 0 heterocycles. The number of rotatable bonds is 2. The monoisotopic (exact) mass is 293 g/mol. The van der Waals surface area contributed by atoms with Crippen molar-refractivity contribution in [2.45, 2.75) is 0 Å². The molecule has 0 unspecified atom stereocenters. The van der Waals surface area contributed by atoms with Crippen molar-refractivity contribution in [3.05, 3.63) is 103 Å². The van der Waals surface area contributed by atoms with E-state index >= 15 is 0 Å². The van der Waals surface area contributed by atoms with E-state index in [0.29, 0.717) is 0 Å². The highest BCUT2D eigenvalue weighted by molar-refractivity contribution is 6.00. The van der Waals surface area contributed by atoms with E-state index in [0.717, 1.165) is 5.56 Å². The molecule has 0 aliphatic rings. The lowest BCUT2D eigenvalue weighted by Crippen LogP contribution is -1.87. The summed E-state index contributed by atoms with van der Waals surface area (Å²) in [6.07, 6.45) is 0. The first-order chi connectivity index (χ1) is 11.3. The molecule has 0 bridgehead atoms. The van der Waals surface area contributed by atoms with Gasteiger partial charge in [0.25, 0.3) is 0 Å². The van der Waals surface area contributed by atoms with Crippen molar-refractivity contribution >= 4 is 10.8 Å². The Bertz CT molecular complexity index is 951. The number of hydrogen-bond acceptors (Lipinski definition) is 0. The van der Waals surface area contributed by atoms with Crippen LogP contribution in [0.25, 0.3) is 33.0 Å². The van der Waals surface area contributed by atoms with Gasteiger partial charge in [-0.3, -0.25) is 0 Å². The van der Waals surface area contributed by atoms with Crippen LogP contribution in [0.5, 0.6) is 0 Å². The highest BCUT2D eigenvalue weighted by atomic mass is 14.1. The maximum absolute atomic E-state index is 4.23. The largest absolute Gasteiger partial charge is 0.0622 e. The molecule has 0 aliphatic heterocycles. The number of hydrogen-bond donors (Lipinski definition) is 0. The molecule has 0 aliphatic carbocycles. The lowest BCUT2D eigenvalue weighted by atomic mass is 9.92. The first-order valence-corrected chi connectivity index (χ1v) is 7.82. The van der Waals surface area contributed by atoms with Gasteiger partial charge in [0.2, 0.25) is 0 Å². The molecule has 0 atom stereocenters. The Kier molecular flexibility index (Phi) is 3.44. The maximum Gasteiger partial charge on any atom is -0.00732 e. The van der Waals surface area contributed by atoms with E-state index in [1.807, 2.05) is 12.1 Å². The third-order valence-electron chi connectivity index (χ3n) is 4.28. The minimum atomic E-state index is 1.07. The molecule has 0 saturated carbocycles. The Labute approximate surface area is 137 Å². The van der Waals surface area contributed by atoms with Crippen LogP contribution in [-0.2, 0) is 0 Å². The van der Waals surface area contributed by atoms with Crippen LogP contribution in [0.4, 0.5) is 0 Å². The third kappa shape index (κ3) is 2.53. The lowest BCUT2D eigenvalue weighted by Gasteiger charge is -2.12. The van der Waals surface area contributed by atoms with Gasteiger partial charge in [-0.25, -0.2) is 0 Å². The topological polar surface area (TPSA) is 0 Å². The Hall–Kier alpha value is -2.86. The fourth-order valence-electron chi connectivity index (χ4n) is 3.13. The van der Waals surface area contributed by atoms with E-state index in [9.17, 15) is 0 Å². The molecule has 0 aromatic heterocycles. The molecule has 109 valence electrons. The molecule has 0 heteroatoms. The summed E-state index contributed by atoms with van der Waals surface area (Å²) < 4.78 is 0. The molecule has 0 nitrogen and oxygen atoms in total. The molecule has 0 amide bonds. The molecule has 0 fully saturated rings. The van der Waals surface area contributed by atoms with Gasteiger partial charge in [-0.2, -0.15) is 0 Å². The SMILES string of the molecule is [CH2]c1ccc2cc(-c3ccccc3)ccc2c1-c1ccccc1. The van der Waals surface area contributed by atoms with E-state index in [2.05, 4.69) is 85.8 Å². The van der Waals surface area contributed by atoms with Crippen molar-refractivity contribution in [3.8, 4) is 22.3 Å². The predicted octanol–water partition coefficient (Wildman–Crippen LogP) is 6.36. The van der Waals surface area contributed by atoms with Crippen LogP contribution in [0, 0.1) is 6.92 Å². The second-order valence-electron chi connectivity index (χ2n) is 5.77. The Morgan fingerprint density at radius 1 is 0.522 bits per heavy atom. The second kappa shape index (κ2) is 5.73. The second-order valence-corrected chi connectivity index (χ2v) is 5.77. The lowest BCUT2D eigenvalue weighted by molar-refractivity contribution is 1.59. The molecule has 4 aromatic rings. The summed E-state index contributed by atoms with van der Waals surface area (Å²) in [5.74, 6) is 0. The van der Waals surface area contributed by atoms with Gasteiger partial charge in [0.05, 0.1) is 0 Å². The summed E-state index contributed by atoms with van der Waals surface area (Å²) >= 11 is 0. The fraction of sp³-hybridized carbons (Fsp3) is 0. The smallest absolute Gasteiger partial charge is 0.00732 e. The van der Waals surface area contributed by atoms with Crippen LogP contribution < -0.4 is 0 Å². The highest BCUT2D eigenvalue weighted by Gasteiger charge is 2.08. The molecular weight excluding hydrogens is 276 g/mol. The quantitative estimate of drug-likeness (QED) is 0.403. The minimum Gasteiger partial charge on any atom is -0.0622 e. The van der Waals surface area contributed by atoms with E-state index in [1.54, 1.807) is 0 Å². The summed E-state index contributed by atoms with van der Waals surface area (Å²) in [4.78, 5) is 0.